The molecule has 0 spiro atoms. The van der Waals surface area contributed by atoms with Gasteiger partial charge in [0, 0.05) is 38.8 Å². The third-order valence-corrected chi connectivity index (χ3v) is 5.91. The first-order valence-electron chi connectivity index (χ1n) is 11.3. The number of benzene rings is 2. The number of carbonyl (C=O) groups is 4. The molecule has 2 aliphatic heterocycles. The highest BCUT2D eigenvalue weighted by Crippen LogP contribution is 2.36. The van der Waals surface area contributed by atoms with Gasteiger partial charge in [-0.15, -0.1) is 5.11 Å². The Morgan fingerprint density at radius 1 is 0.857 bits per heavy atom. The SMILES string of the molecule is CC(=O)N1c2cc(N=NNc3ccc4c(c3)NC(=O)C[C@H](C)N4C(C)=O)ccc2NC(=O)C[C@H]1C. The molecule has 35 heavy (non-hydrogen) atoms. The molecule has 2 aliphatic rings. The van der Waals surface area contributed by atoms with Crippen LogP contribution in [0, 0.1) is 0 Å². The molecule has 2 atom stereocenters. The van der Waals surface area contributed by atoms with Crippen LogP contribution in [0.4, 0.5) is 34.1 Å². The monoisotopic (exact) mass is 477 g/mol. The van der Waals surface area contributed by atoms with E-state index in [1.165, 1.54) is 13.8 Å². The van der Waals surface area contributed by atoms with Gasteiger partial charge in [-0.3, -0.25) is 24.6 Å². The van der Waals surface area contributed by atoms with Crippen LogP contribution < -0.4 is 25.9 Å². The van der Waals surface area contributed by atoms with E-state index in [-0.39, 0.29) is 48.6 Å². The van der Waals surface area contributed by atoms with Gasteiger partial charge in [0.15, 0.2) is 0 Å². The number of nitrogens with zero attached hydrogens (tertiary/aromatic N) is 4. The van der Waals surface area contributed by atoms with Gasteiger partial charge in [0.05, 0.1) is 34.1 Å². The van der Waals surface area contributed by atoms with Gasteiger partial charge in [-0.1, -0.05) is 5.22 Å². The van der Waals surface area contributed by atoms with Crippen molar-refractivity contribution in [2.75, 3.05) is 25.9 Å². The molecule has 11 heteroatoms. The topological polar surface area (TPSA) is 136 Å². The number of rotatable bonds is 3. The van der Waals surface area contributed by atoms with E-state index in [0.717, 1.165) is 0 Å². The maximum absolute atomic E-state index is 12.3. The second-order valence-electron chi connectivity index (χ2n) is 8.73. The Morgan fingerprint density at radius 2 is 1.46 bits per heavy atom. The maximum atomic E-state index is 12.3. The van der Waals surface area contributed by atoms with E-state index >= 15 is 0 Å². The number of amides is 4. The molecule has 0 unspecified atom stereocenters. The summed E-state index contributed by atoms with van der Waals surface area (Å²) in [6.07, 6.45) is 0.396. The van der Waals surface area contributed by atoms with Crippen LogP contribution in [0.3, 0.4) is 0 Å². The van der Waals surface area contributed by atoms with Crippen molar-refractivity contribution in [3.05, 3.63) is 36.4 Å². The standard InChI is InChI=1S/C24H27N7O4/c1-13-9-24(35)26-20-11-17(6-8-21(20)30(13)15(3)32)27-29-28-18-5-7-19-22(12-18)31(16(4)33)14(2)10-23(34)25-19/h5-8,11-14H,9-10H2,1-4H3,(H,25,34)(H,26,35)(H,27,28)/t13-,14+/m0/s1. The number of carbonyl (C=O) groups excluding carboxylic acids is 4. The van der Waals surface area contributed by atoms with Gasteiger partial charge < -0.3 is 20.4 Å². The van der Waals surface area contributed by atoms with Crippen molar-refractivity contribution in [3.8, 4) is 0 Å². The predicted molar refractivity (Wildman–Crippen MR) is 133 cm³/mol. The molecule has 0 saturated carbocycles. The molecular formula is C24H27N7O4. The van der Waals surface area contributed by atoms with Crippen molar-refractivity contribution in [3.63, 3.8) is 0 Å². The fourth-order valence-electron chi connectivity index (χ4n) is 4.50. The van der Waals surface area contributed by atoms with Gasteiger partial charge in [-0.2, -0.15) is 0 Å². The van der Waals surface area contributed by atoms with Crippen LogP contribution in [0.1, 0.15) is 40.5 Å². The summed E-state index contributed by atoms with van der Waals surface area (Å²) >= 11 is 0. The maximum Gasteiger partial charge on any atom is 0.226 e. The molecule has 4 rings (SSSR count). The quantitative estimate of drug-likeness (QED) is 0.454. The molecule has 0 aromatic heterocycles. The van der Waals surface area contributed by atoms with Crippen LogP contribution in [0.2, 0.25) is 0 Å². The van der Waals surface area contributed by atoms with Crippen LogP contribution in [0.25, 0.3) is 0 Å². The van der Waals surface area contributed by atoms with E-state index in [1.807, 2.05) is 13.8 Å². The summed E-state index contributed by atoms with van der Waals surface area (Å²) in [6, 6.07) is 9.66. The average Bonchev–Trinajstić information content (AvgIpc) is 2.97. The lowest BCUT2D eigenvalue weighted by Gasteiger charge is -2.26. The summed E-state index contributed by atoms with van der Waals surface area (Å²) in [4.78, 5) is 51.9. The van der Waals surface area contributed by atoms with Crippen molar-refractivity contribution in [1.29, 1.82) is 0 Å². The summed E-state index contributed by atoms with van der Waals surface area (Å²) in [7, 11) is 0. The smallest absolute Gasteiger partial charge is 0.226 e. The van der Waals surface area contributed by atoms with E-state index in [2.05, 4.69) is 26.4 Å². The lowest BCUT2D eigenvalue weighted by molar-refractivity contribution is -0.119. The molecule has 11 nitrogen and oxygen atoms in total. The highest BCUT2D eigenvalue weighted by atomic mass is 16.2. The summed E-state index contributed by atoms with van der Waals surface area (Å²) in [6.45, 7) is 6.57. The normalized spacial score (nSPS) is 19.8. The molecule has 0 fully saturated rings. The molecule has 2 aromatic rings. The van der Waals surface area contributed by atoms with Gasteiger partial charge in [-0.25, -0.2) is 0 Å². The fraction of sp³-hybridized carbons (Fsp3) is 0.333. The van der Waals surface area contributed by atoms with Gasteiger partial charge in [0.1, 0.15) is 0 Å². The molecule has 0 aliphatic carbocycles. The predicted octanol–water partition coefficient (Wildman–Crippen LogP) is 3.96. The first-order valence-corrected chi connectivity index (χ1v) is 11.3. The lowest BCUT2D eigenvalue weighted by atomic mass is 10.1. The van der Waals surface area contributed by atoms with Crippen molar-refractivity contribution in [2.24, 2.45) is 10.3 Å². The minimum atomic E-state index is -0.300. The molecule has 0 saturated heterocycles. The Morgan fingerprint density at radius 3 is 2.09 bits per heavy atom. The molecule has 0 radical (unpaired) electrons. The van der Waals surface area contributed by atoms with E-state index in [0.29, 0.717) is 34.1 Å². The largest absolute Gasteiger partial charge is 0.324 e. The highest BCUT2D eigenvalue weighted by molar-refractivity contribution is 6.05. The van der Waals surface area contributed by atoms with Crippen LogP contribution in [0.5, 0.6) is 0 Å². The van der Waals surface area contributed by atoms with Crippen molar-refractivity contribution in [1.82, 2.24) is 0 Å². The zero-order chi connectivity index (χ0) is 25.3. The molecule has 0 bridgehead atoms. The third-order valence-electron chi connectivity index (χ3n) is 5.91. The molecule has 3 N–H and O–H groups in total. The minimum Gasteiger partial charge on any atom is -0.324 e. The lowest BCUT2D eigenvalue weighted by Crippen LogP contribution is -2.37. The zero-order valence-electron chi connectivity index (χ0n) is 20.0. The van der Waals surface area contributed by atoms with Crippen LogP contribution >= 0.6 is 0 Å². The van der Waals surface area contributed by atoms with Crippen molar-refractivity contribution in [2.45, 2.75) is 52.6 Å². The first kappa shape index (κ1) is 23.9. The van der Waals surface area contributed by atoms with Gasteiger partial charge in [0.2, 0.25) is 23.6 Å². The molecule has 4 amide bonds. The number of hydrogen-bond acceptors (Lipinski definition) is 6. The van der Waals surface area contributed by atoms with Crippen LogP contribution in [-0.4, -0.2) is 35.7 Å². The Balaban J connectivity index is 1.57. The minimum absolute atomic E-state index is 0.149. The summed E-state index contributed by atoms with van der Waals surface area (Å²) in [5, 5.41) is 13.9. The number of nitrogens with one attached hydrogen (secondary N) is 3. The van der Waals surface area contributed by atoms with E-state index in [4.69, 9.17) is 0 Å². The van der Waals surface area contributed by atoms with E-state index in [1.54, 1.807) is 46.2 Å². The molecular weight excluding hydrogens is 450 g/mol. The van der Waals surface area contributed by atoms with Gasteiger partial charge in [0.25, 0.3) is 0 Å². The molecule has 2 aromatic carbocycles. The van der Waals surface area contributed by atoms with E-state index in [9.17, 15) is 19.2 Å². The Bertz CT molecular complexity index is 1240. The Kier molecular flexibility index (Phi) is 6.50. The number of fused-ring (bicyclic) bond motifs is 2. The first-order chi connectivity index (χ1) is 16.6. The zero-order valence-corrected chi connectivity index (χ0v) is 20.0. The van der Waals surface area contributed by atoms with Crippen molar-refractivity contribution >= 4 is 57.8 Å². The van der Waals surface area contributed by atoms with Gasteiger partial charge in [-0.05, 0) is 50.2 Å². The Hall–Kier alpha value is -4.28. The fourth-order valence-corrected chi connectivity index (χ4v) is 4.50. The Labute approximate surface area is 202 Å². The van der Waals surface area contributed by atoms with Gasteiger partial charge >= 0.3 is 0 Å². The summed E-state index contributed by atoms with van der Waals surface area (Å²) < 4.78 is 0. The number of hydrogen-bond donors (Lipinski definition) is 3. The summed E-state index contributed by atoms with van der Waals surface area (Å²) in [5.41, 5.74) is 6.07. The second-order valence-corrected chi connectivity index (χ2v) is 8.73. The summed E-state index contributed by atoms with van der Waals surface area (Å²) in [5.74, 6) is -0.665. The second kappa shape index (κ2) is 9.53. The molecule has 2 heterocycles. The molecule has 182 valence electrons. The van der Waals surface area contributed by atoms with Crippen LogP contribution in [0.15, 0.2) is 46.7 Å². The highest BCUT2D eigenvalue weighted by Gasteiger charge is 2.29. The van der Waals surface area contributed by atoms with E-state index < -0.39 is 0 Å². The van der Waals surface area contributed by atoms with Crippen LogP contribution in [-0.2, 0) is 19.2 Å². The third kappa shape index (κ3) is 4.98. The average molecular weight is 478 g/mol. The number of anilines is 5. The van der Waals surface area contributed by atoms with Crippen molar-refractivity contribution < 1.29 is 19.2 Å².